The number of rotatable bonds is 3. The Hall–Kier alpha value is -1.56. The molecule has 1 fully saturated rings. The highest BCUT2D eigenvalue weighted by atomic mass is 32.2. The molecule has 1 atom stereocenters. The molecule has 92 valence electrons. The molecular weight excluding hydrogens is 268 g/mol. The van der Waals surface area contributed by atoms with E-state index < -0.39 is 0 Å². The first-order valence-corrected chi connectivity index (χ1v) is 6.68. The molecule has 0 spiro atoms. The number of carbonyl (C=O) groups excluding carboxylic acids is 1. The predicted molar refractivity (Wildman–Crippen MR) is 75.1 cm³/mol. The molecule has 1 aliphatic heterocycles. The third-order valence-corrected chi connectivity index (χ3v) is 4.07. The Labute approximate surface area is 114 Å². The Morgan fingerprint density at radius 1 is 1.56 bits per heavy atom. The molecule has 1 aromatic rings. The van der Waals surface area contributed by atoms with E-state index in [1.165, 1.54) is 11.8 Å². The van der Waals surface area contributed by atoms with E-state index in [-0.39, 0.29) is 18.5 Å². The Bertz CT molecular complexity index is 513. The van der Waals surface area contributed by atoms with E-state index >= 15 is 0 Å². The molecule has 0 N–H and O–H groups in total. The SMILES string of the molecule is [N-]=[N+]=NCC(=O)N1C(=S)SC[C@H]1c1ccccc1. The summed E-state index contributed by atoms with van der Waals surface area (Å²) < 4.78 is 0.544. The highest BCUT2D eigenvalue weighted by Gasteiger charge is 2.34. The lowest BCUT2D eigenvalue weighted by atomic mass is 10.1. The summed E-state index contributed by atoms with van der Waals surface area (Å²) in [5, 5.41) is 3.30. The van der Waals surface area contributed by atoms with Gasteiger partial charge in [-0.15, -0.1) is 0 Å². The normalized spacial score (nSPS) is 18.6. The van der Waals surface area contributed by atoms with Gasteiger partial charge in [-0.2, -0.15) is 0 Å². The fourth-order valence-electron chi connectivity index (χ4n) is 1.79. The van der Waals surface area contributed by atoms with E-state index in [2.05, 4.69) is 10.0 Å². The maximum Gasteiger partial charge on any atom is 0.234 e. The van der Waals surface area contributed by atoms with Gasteiger partial charge in [-0.3, -0.25) is 9.69 Å². The summed E-state index contributed by atoms with van der Waals surface area (Å²) in [6, 6.07) is 9.65. The molecule has 0 radical (unpaired) electrons. The zero-order chi connectivity index (χ0) is 13.0. The molecule has 0 bridgehead atoms. The van der Waals surface area contributed by atoms with Gasteiger partial charge in [0.25, 0.3) is 0 Å². The van der Waals surface area contributed by atoms with Gasteiger partial charge in [-0.05, 0) is 11.1 Å². The number of benzene rings is 1. The first-order valence-electron chi connectivity index (χ1n) is 5.28. The van der Waals surface area contributed by atoms with Crippen molar-refractivity contribution in [1.29, 1.82) is 0 Å². The highest BCUT2D eigenvalue weighted by Crippen LogP contribution is 2.35. The van der Waals surface area contributed by atoms with Crippen LogP contribution in [0, 0.1) is 0 Å². The number of azide groups is 1. The van der Waals surface area contributed by atoms with Crippen molar-refractivity contribution in [3.8, 4) is 0 Å². The first-order chi connectivity index (χ1) is 8.74. The molecule has 0 aromatic heterocycles. The average molecular weight is 278 g/mol. The van der Waals surface area contributed by atoms with Crippen molar-refractivity contribution >= 4 is 34.2 Å². The molecule has 1 saturated heterocycles. The van der Waals surface area contributed by atoms with Crippen LogP contribution in [0.25, 0.3) is 10.4 Å². The second-order valence-corrected chi connectivity index (χ2v) is 5.31. The predicted octanol–water partition coefficient (Wildman–Crippen LogP) is 2.90. The first kappa shape index (κ1) is 12.9. The van der Waals surface area contributed by atoms with Gasteiger partial charge in [0.2, 0.25) is 5.91 Å². The molecule has 0 aliphatic carbocycles. The van der Waals surface area contributed by atoms with Gasteiger partial charge in [0.15, 0.2) is 0 Å². The van der Waals surface area contributed by atoms with Crippen LogP contribution in [0.4, 0.5) is 0 Å². The number of hydrogen-bond acceptors (Lipinski definition) is 4. The van der Waals surface area contributed by atoms with Crippen molar-refractivity contribution in [2.75, 3.05) is 12.3 Å². The van der Waals surface area contributed by atoms with E-state index in [1.54, 1.807) is 4.90 Å². The van der Waals surface area contributed by atoms with Gasteiger partial charge in [-0.25, -0.2) is 0 Å². The fourth-order valence-corrected chi connectivity index (χ4v) is 3.23. The van der Waals surface area contributed by atoms with Crippen molar-refractivity contribution in [2.24, 2.45) is 5.11 Å². The van der Waals surface area contributed by atoms with Crippen LogP contribution in [0.1, 0.15) is 11.6 Å². The van der Waals surface area contributed by atoms with Crippen LogP contribution in [0.3, 0.4) is 0 Å². The lowest BCUT2D eigenvalue weighted by molar-refractivity contribution is -0.126. The summed E-state index contributed by atoms with van der Waals surface area (Å²) in [5.74, 6) is 0.488. The van der Waals surface area contributed by atoms with Gasteiger partial charge in [0.1, 0.15) is 10.9 Å². The van der Waals surface area contributed by atoms with Gasteiger partial charge < -0.3 is 0 Å². The van der Waals surface area contributed by atoms with Crippen molar-refractivity contribution in [2.45, 2.75) is 6.04 Å². The Balaban J connectivity index is 2.23. The van der Waals surface area contributed by atoms with Crippen molar-refractivity contribution < 1.29 is 4.79 Å². The van der Waals surface area contributed by atoms with Crippen LogP contribution in [0.5, 0.6) is 0 Å². The van der Waals surface area contributed by atoms with E-state index in [1.807, 2.05) is 30.3 Å². The molecule has 1 aliphatic rings. The monoisotopic (exact) mass is 278 g/mol. The van der Waals surface area contributed by atoms with Crippen LogP contribution >= 0.6 is 24.0 Å². The average Bonchev–Trinajstić information content (AvgIpc) is 2.79. The third kappa shape index (κ3) is 2.64. The topological polar surface area (TPSA) is 69.1 Å². The number of nitrogens with zero attached hydrogens (tertiary/aromatic N) is 4. The Morgan fingerprint density at radius 3 is 2.94 bits per heavy atom. The number of carbonyl (C=O) groups is 1. The number of thiocarbonyl (C=S) groups is 1. The fraction of sp³-hybridized carbons (Fsp3) is 0.273. The largest absolute Gasteiger partial charge is 0.289 e. The Morgan fingerprint density at radius 2 is 2.28 bits per heavy atom. The minimum atomic E-state index is -0.253. The summed E-state index contributed by atoms with van der Waals surface area (Å²) >= 11 is 6.65. The smallest absolute Gasteiger partial charge is 0.234 e. The number of thioether (sulfide) groups is 1. The molecule has 0 unspecified atom stereocenters. The Kier molecular flexibility index (Phi) is 4.19. The van der Waals surface area contributed by atoms with Crippen LogP contribution in [-0.2, 0) is 4.79 Å². The minimum absolute atomic E-state index is 0.0647. The third-order valence-electron chi connectivity index (χ3n) is 2.60. The number of amides is 1. The van der Waals surface area contributed by atoms with Crippen LogP contribution in [-0.4, -0.2) is 27.4 Å². The molecule has 1 aromatic carbocycles. The maximum absolute atomic E-state index is 12.0. The van der Waals surface area contributed by atoms with Crippen LogP contribution in [0.2, 0.25) is 0 Å². The minimum Gasteiger partial charge on any atom is -0.289 e. The molecule has 5 nitrogen and oxygen atoms in total. The van der Waals surface area contributed by atoms with E-state index in [9.17, 15) is 4.79 Å². The zero-order valence-electron chi connectivity index (χ0n) is 9.39. The summed E-state index contributed by atoms with van der Waals surface area (Å²) in [7, 11) is 0. The number of hydrogen-bond donors (Lipinski definition) is 0. The lowest BCUT2D eigenvalue weighted by Gasteiger charge is -2.23. The standard InChI is InChI=1S/C11H10N4OS2/c12-14-13-6-10(16)15-9(7-18-11(15)17)8-4-2-1-3-5-8/h1-5,9H,6-7H2/t9-/m0/s1. The van der Waals surface area contributed by atoms with Crippen molar-refractivity contribution in [1.82, 2.24) is 4.90 Å². The molecule has 0 saturated carbocycles. The van der Waals surface area contributed by atoms with E-state index in [0.717, 1.165) is 11.3 Å². The summed E-state index contributed by atoms with van der Waals surface area (Å²) in [6.45, 7) is -0.194. The zero-order valence-corrected chi connectivity index (χ0v) is 11.0. The summed E-state index contributed by atoms with van der Waals surface area (Å²) in [5.41, 5.74) is 9.30. The summed E-state index contributed by atoms with van der Waals surface area (Å²) in [4.78, 5) is 16.1. The van der Waals surface area contributed by atoms with Gasteiger partial charge >= 0.3 is 0 Å². The highest BCUT2D eigenvalue weighted by molar-refractivity contribution is 8.23. The molecule has 7 heteroatoms. The van der Waals surface area contributed by atoms with Crippen molar-refractivity contribution in [3.05, 3.63) is 46.3 Å². The molecule has 1 heterocycles. The molecule has 1 amide bonds. The van der Waals surface area contributed by atoms with E-state index in [4.69, 9.17) is 17.7 Å². The maximum atomic E-state index is 12.0. The molecule has 2 rings (SSSR count). The van der Waals surface area contributed by atoms with Crippen LogP contribution in [0.15, 0.2) is 35.4 Å². The lowest BCUT2D eigenvalue weighted by Crippen LogP contribution is -2.35. The van der Waals surface area contributed by atoms with Crippen LogP contribution < -0.4 is 0 Å². The van der Waals surface area contributed by atoms with Gasteiger partial charge in [0, 0.05) is 10.7 Å². The second kappa shape index (κ2) is 5.86. The molecular formula is C11H10N4OS2. The van der Waals surface area contributed by atoms with Gasteiger partial charge in [-0.1, -0.05) is 59.4 Å². The summed E-state index contributed by atoms with van der Waals surface area (Å²) in [6.07, 6.45) is 0. The molecule has 18 heavy (non-hydrogen) atoms. The second-order valence-electron chi connectivity index (χ2n) is 3.66. The van der Waals surface area contributed by atoms with Crippen molar-refractivity contribution in [3.63, 3.8) is 0 Å². The van der Waals surface area contributed by atoms with E-state index in [0.29, 0.717) is 4.32 Å². The quantitative estimate of drug-likeness (QED) is 0.369. The van der Waals surface area contributed by atoms with Gasteiger partial charge in [0.05, 0.1) is 6.04 Å².